The number of rotatable bonds is 5. The highest BCUT2D eigenvalue weighted by molar-refractivity contribution is 9.12. The van der Waals surface area contributed by atoms with Gasteiger partial charge in [0.25, 0.3) is 0 Å². The van der Waals surface area contributed by atoms with Gasteiger partial charge in [-0.2, -0.15) is 0 Å². The van der Waals surface area contributed by atoms with Crippen LogP contribution < -0.4 is 4.74 Å². The molecule has 1 aromatic rings. The molecule has 104 valence electrons. The molecule has 0 radical (unpaired) electrons. The molecule has 0 heterocycles. The summed E-state index contributed by atoms with van der Waals surface area (Å²) in [7, 11) is 0. The summed E-state index contributed by atoms with van der Waals surface area (Å²) in [5, 5.41) is 0.389. The zero-order valence-corrected chi connectivity index (χ0v) is 13.8. The maximum absolute atomic E-state index is 11.9. The summed E-state index contributed by atoms with van der Waals surface area (Å²) in [5.74, 6) is -0.806. The van der Waals surface area contributed by atoms with E-state index in [1.165, 1.54) is 0 Å². The molecule has 0 aliphatic heterocycles. The minimum absolute atomic E-state index is 0.192. The van der Waals surface area contributed by atoms with E-state index in [0.717, 1.165) is 0 Å². The molecule has 1 unspecified atom stereocenters. The summed E-state index contributed by atoms with van der Waals surface area (Å²) in [6, 6.07) is 6.48. The molecule has 0 bridgehead atoms. The predicted molar refractivity (Wildman–Crippen MR) is 79.2 cm³/mol. The standard InChI is InChI=1S/C13H14Br2O4/c1-3-18-11(16)9-6-4-5-7-10(9)19-12(17)13(2,15)8-14/h4-7H,3,8H2,1-2H3. The number of para-hydroxylation sites is 1. The third kappa shape index (κ3) is 4.31. The lowest BCUT2D eigenvalue weighted by Gasteiger charge is -2.18. The number of carbonyl (C=O) groups excluding carboxylic acids is 2. The van der Waals surface area contributed by atoms with Crippen molar-refractivity contribution in [3.63, 3.8) is 0 Å². The van der Waals surface area contributed by atoms with E-state index < -0.39 is 16.3 Å². The zero-order chi connectivity index (χ0) is 14.5. The Balaban J connectivity index is 2.96. The van der Waals surface area contributed by atoms with Gasteiger partial charge in [-0.1, -0.05) is 44.0 Å². The van der Waals surface area contributed by atoms with Gasteiger partial charge < -0.3 is 9.47 Å². The van der Waals surface area contributed by atoms with E-state index in [1.807, 2.05) is 0 Å². The van der Waals surface area contributed by atoms with Gasteiger partial charge in [0, 0.05) is 5.33 Å². The van der Waals surface area contributed by atoms with Gasteiger partial charge in [-0.3, -0.25) is 4.79 Å². The third-order valence-corrected chi connectivity index (χ3v) is 4.74. The molecule has 0 saturated heterocycles. The van der Waals surface area contributed by atoms with Gasteiger partial charge in [0.1, 0.15) is 15.6 Å². The number of hydrogen-bond acceptors (Lipinski definition) is 4. The van der Waals surface area contributed by atoms with Crippen LogP contribution in [0.1, 0.15) is 24.2 Å². The number of halogens is 2. The Bertz CT molecular complexity index is 471. The molecule has 0 amide bonds. The Kier molecular flexibility index (Phi) is 6.00. The molecule has 19 heavy (non-hydrogen) atoms. The van der Waals surface area contributed by atoms with Crippen LogP contribution in [-0.4, -0.2) is 28.2 Å². The number of esters is 2. The van der Waals surface area contributed by atoms with E-state index in [9.17, 15) is 9.59 Å². The number of hydrogen-bond donors (Lipinski definition) is 0. The molecular weight excluding hydrogens is 380 g/mol. The van der Waals surface area contributed by atoms with E-state index >= 15 is 0 Å². The highest BCUT2D eigenvalue weighted by atomic mass is 79.9. The zero-order valence-electron chi connectivity index (χ0n) is 10.6. The lowest BCUT2D eigenvalue weighted by Crippen LogP contribution is -2.34. The van der Waals surface area contributed by atoms with Gasteiger partial charge in [0.15, 0.2) is 0 Å². The van der Waals surface area contributed by atoms with Gasteiger partial charge in [0.2, 0.25) is 0 Å². The molecule has 0 N–H and O–H groups in total. The molecule has 1 atom stereocenters. The van der Waals surface area contributed by atoms with Crippen LogP contribution in [-0.2, 0) is 9.53 Å². The van der Waals surface area contributed by atoms with Crippen molar-refractivity contribution in [1.29, 1.82) is 0 Å². The highest BCUT2D eigenvalue weighted by Crippen LogP contribution is 2.26. The van der Waals surface area contributed by atoms with Crippen molar-refractivity contribution in [1.82, 2.24) is 0 Å². The van der Waals surface area contributed by atoms with Gasteiger partial charge in [0.05, 0.1) is 6.61 Å². The van der Waals surface area contributed by atoms with Crippen LogP contribution in [0.5, 0.6) is 5.75 Å². The normalized spacial score (nSPS) is 13.5. The largest absolute Gasteiger partial charge is 0.462 e. The molecule has 0 aliphatic carbocycles. The summed E-state index contributed by atoms with van der Waals surface area (Å²) >= 11 is 6.48. The first kappa shape index (κ1) is 16.2. The third-order valence-electron chi connectivity index (χ3n) is 2.26. The minimum Gasteiger partial charge on any atom is -0.462 e. The molecule has 0 saturated carbocycles. The fourth-order valence-electron chi connectivity index (χ4n) is 1.19. The van der Waals surface area contributed by atoms with E-state index in [0.29, 0.717) is 5.33 Å². The van der Waals surface area contributed by atoms with Crippen molar-refractivity contribution >= 4 is 43.8 Å². The summed E-state index contributed by atoms with van der Waals surface area (Å²) in [6.45, 7) is 3.66. The fraction of sp³-hybridized carbons (Fsp3) is 0.385. The predicted octanol–water partition coefficient (Wildman–Crippen LogP) is 3.32. The lowest BCUT2D eigenvalue weighted by molar-refractivity contribution is -0.135. The molecular formula is C13H14Br2O4. The molecule has 0 spiro atoms. The van der Waals surface area contributed by atoms with Gasteiger partial charge in [-0.05, 0) is 26.0 Å². The van der Waals surface area contributed by atoms with E-state index in [4.69, 9.17) is 9.47 Å². The molecule has 0 aromatic heterocycles. The lowest BCUT2D eigenvalue weighted by atomic mass is 10.2. The minimum atomic E-state index is -0.852. The number of carbonyl (C=O) groups is 2. The van der Waals surface area contributed by atoms with Crippen molar-refractivity contribution < 1.29 is 19.1 Å². The molecule has 0 fully saturated rings. The summed E-state index contributed by atoms with van der Waals surface area (Å²) in [4.78, 5) is 23.7. The molecule has 6 heteroatoms. The summed E-state index contributed by atoms with van der Waals surface area (Å²) < 4.78 is 9.31. The first-order chi connectivity index (χ1) is 8.92. The Morgan fingerprint density at radius 3 is 2.53 bits per heavy atom. The van der Waals surface area contributed by atoms with Crippen LogP contribution in [0.25, 0.3) is 0 Å². The van der Waals surface area contributed by atoms with Crippen LogP contribution in [0.4, 0.5) is 0 Å². The van der Waals surface area contributed by atoms with Crippen LogP contribution in [0, 0.1) is 0 Å². The smallest absolute Gasteiger partial charge is 0.341 e. The molecule has 0 aliphatic rings. The maximum Gasteiger partial charge on any atom is 0.341 e. The van der Waals surface area contributed by atoms with Gasteiger partial charge in [-0.25, -0.2) is 4.79 Å². The Morgan fingerprint density at radius 2 is 1.95 bits per heavy atom. The van der Waals surface area contributed by atoms with Crippen LogP contribution in [0.15, 0.2) is 24.3 Å². The topological polar surface area (TPSA) is 52.6 Å². The quantitative estimate of drug-likeness (QED) is 0.437. The Morgan fingerprint density at radius 1 is 1.32 bits per heavy atom. The Hall–Kier alpha value is -0.880. The fourth-order valence-corrected chi connectivity index (χ4v) is 1.50. The average molecular weight is 394 g/mol. The second-order valence-corrected chi connectivity index (χ2v) is 6.25. The van der Waals surface area contributed by atoms with Crippen molar-refractivity contribution in [3.8, 4) is 5.75 Å². The van der Waals surface area contributed by atoms with Gasteiger partial charge >= 0.3 is 11.9 Å². The first-order valence-corrected chi connectivity index (χ1v) is 7.57. The average Bonchev–Trinajstić information content (AvgIpc) is 2.39. The van der Waals surface area contributed by atoms with Crippen molar-refractivity contribution in [2.75, 3.05) is 11.9 Å². The van der Waals surface area contributed by atoms with Gasteiger partial charge in [-0.15, -0.1) is 0 Å². The molecule has 1 rings (SSSR count). The SMILES string of the molecule is CCOC(=O)c1ccccc1OC(=O)C(C)(Br)CBr. The molecule has 1 aromatic carbocycles. The summed E-state index contributed by atoms with van der Waals surface area (Å²) in [6.07, 6.45) is 0. The number of benzene rings is 1. The number of ether oxygens (including phenoxy) is 2. The second-order valence-electron chi connectivity index (χ2n) is 3.94. The maximum atomic E-state index is 11.9. The van der Waals surface area contributed by atoms with Crippen molar-refractivity contribution in [3.05, 3.63) is 29.8 Å². The van der Waals surface area contributed by atoms with E-state index in [1.54, 1.807) is 38.1 Å². The van der Waals surface area contributed by atoms with Crippen molar-refractivity contribution in [2.45, 2.75) is 18.2 Å². The first-order valence-electron chi connectivity index (χ1n) is 5.65. The number of alkyl halides is 2. The summed E-state index contributed by atoms with van der Waals surface area (Å²) in [5.41, 5.74) is 0.232. The highest BCUT2D eigenvalue weighted by Gasteiger charge is 2.32. The van der Waals surface area contributed by atoms with Crippen LogP contribution >= 0.6 is 31.9 Å². The molecule has 4 nitrogen and oxygen atoms in total. The monoisotopic (exact) mass is 392 g/mol. The van der Waals surface area contributed by atoms with Crippen molar-refractivity contribution in [2.24, 2.45) is 0 Å². The second kappa shape index (κ2) is 7.05. The van der Waals surface area contributed by atoms with E-state index in [2.05, 4.69) is 31.9 Å². The Labute approximate surface area is 128 Å². The van der Waals surface area contributed by atoms with Crippen LogP contribution in [0.2, 0.25) is 0 Å². The van der Waals surface area contributed by atoms with Crippen LogP contribution in [0.3, 0.4) is 0 Å². The van der Waals surface area contributed by atoms with E-state index in [-0.39, 0.29) is 17.9 Å².